The molecule has 1 unspecified atom stereocenters. The van der Waals surface area contributed by atoms with Crippen molar-refractivity contribution in [3.63, 3.8) is 0 Å². The number of nitrogens with two attached hydrogens (primary N) is 1. The Balaban J connectivity index is 4.08. The largest absolute Gasteiger partial charge is 0.409 e. The van der Waals surface area contributed by atoms with Crippen LogP contribution in [0, 0.1) is 11.3 Å². The van der Waals surface area contributed by atoms with Gasteiger partial charge in [0.15, 0.2) is 0 Å². The van der Waals surface area contributed by atoms with Gasteiger partial charge in [-0.05, 0) is 5.92 Å². The molecule has 0 aliphatic rings. The van der Waals surface area contributed by atoms with E-state index in [9.17, 15) is 4.79 Å². The minimum Gasteiger partial charge on any atom is -0.409 e. The summed E-state index contributed by atoms with van der Waals surface area (Å²) < 4.78 is 4.95. The SMILES string of the molecule is COCC(C)CC(=O)NCC(C)(C)C(N)=NO. The summed E-state index contributed by atoms with van der Waals surface area (Å²) in [7, 11) is 1.61. The second-order valence-electron chi connectivity index (χ2n) is 4.91. The summed E-state index contributed by atoms with van der Waals surface area (Å²) in [5.41, 5.74) is 4.95. The molecule has 0 bridgehead atoms. The van der Waals surface area contributed by atoms with Gasteiger partial charge in [0.1, 0.15) is 5.84 Å². The lowest BCUT2D eigenvalue weighted by atomic mass is 9.92. The second-order valence-corrected chi connectivity index (χ2v) is 4.91. The van der Waals surface area contributed by atoms with Crippen LogP contribution in [0.3, 0.4) is 0 Å². The van der Waals surface area contributed by atoms with E-state index in [0.29, 0.717) is 19.6 Å². The highest BCUT2D eigenvalue weighted by molar-refractivity contribution is 5.86. The zero-order valence-electron chi connectivity index (χ0n) is 11.0. The zero-order valence-corrected chi connectivity index (χ0v) is 11.0. The molecule has 0 aliphatic carbocycles. The maximum atomic E-state index is 11.6. The van der Waals surface area contributed by atoms with E-state index in [1.807, 2.05) is 6.92 Å². The monoisotopic (exact) mass is 245 g/mol. The lowest BCUT2D eigenvalue weighted by molar-refractivity contribution is -0.122. The summed E-state index contributed by atoms with van der Waals surface area (Å²) in [6.07, 6.45) is 0.403. The number of hydrogen-bond acceptors (Lipinski definition) is 4. The molecule has 0 fully saturated rings. The average molecular weight is 245 g/mol. The molecule has 6 nitrogen and oxygen atoms in total. The van der Waals surface area contributed by atoms with E-state index in [1.54, 1.807) is 21.0 Å². The third-order valence-electron chi connectivity index (χ3n) is 2.51. The molecular formula is C11H23N3O3. The molecular weight excluding hydrogens is 222 g/mol. The third kappa shape index (κ3) is 6.11. The predicted octanol–water partition coefficient (Wildman–Crippen LogP) is 0.548. The topological polar surface area (TPSA) is 96.9 Å². The van der Waals surface area contributed by atoms with Crippen LogP contribution in [-0.2, 0) is 9.53 Å². The van der Waals surface area contributed by atoms with Gasteiger partial charge < -0.3 is 21.0 Å². The van der Waals surface area contributed by atoms with Crippen LogP contribution in [0.5, 0.6) is 0 Å². The van der Waals surface area contributed by atoms with Gasteiger partial charge in [-0.25, -0.2) is 0 Å². The summed E-state index contributed by atoms with van der Waals surface area (Å²) >= 11 is 0. The summed E-state index contributed by atoms with van der Waals surface area (Å²) in [6.45, 7) is 6.41. The first-order chi connectivity index (χ1) is 7.83. The van der Waals surface area contributed by atoms with Gasteiger partial charge in [0.2, 0.25) is 5.91 Å². The number of nitrogens with zero attached hydrogens (tertiary/aromatic N) is 1. The Morgan fingerprint density at radius 3 is 2.65 bits per heavy atom. The van der Waals surface area contributed by atoms with Crippen LogP contribution >= 0.6 is 0 Å². The van der Waals surface area contributed by atoms with E-state index >= 15 is 0 Å². The minimum absolute atomic E-state index is 0.0617. The van der Waals surface area contributed by atoms with Crippen LogP contribution in [-0.4, -0.2) is 37.2 Å². The third-order valence-corrected chi connectivity index (χ3v) is 2.51. The molecule has 0 saturated heterocycles. The average Bonchev–Trinajstić information content (AvgIpc) is 2.25. The zero-order chi connectivity index (χ0) is 13.5. The van der Waals surface area contributed by atoms with Crippen LogP contribution in [0.15, 0.2) is 5.16 Å². The Kier molecular flexibility index (Phi) is 6.57. The fourth-order valence-corrected chi connectivity index (χ4v) is 1.28. The standard InChI is InChI=1S/C11H23N3O3/c1-8(6-17-4)5-9(15)13-7-11(2,3)10(12)14-16/h8,16H,5-7H2,1-4H3,(H2,12,14)(H,13,15). The maximum Gasteiger partial charge on any atom is 0.220 e. The molecule has 100 valence electrons. The molecule has 0 spiro atoms. The van der Waals surface area contributed by atoms with Crippen molar-refractivity contribution >= 4 is 11.7 Å². The molecule has 1 atom stereocenters. The molecule has 4 N–H and O–H groups in total. The number of amides is 1. The van der Waals surface area contributed by atoms with Gasteiger partial charge in [0.25, 0.3) is 0 Å². The number of rotatable bonds is 7. The van der Waals surface area contributed by atoms with Gasteiger partial charge in [-0.1, -0.05) is 25.9 Å². The quantitative estimate of drug-likeness (QED) is 0.264. The van der Waals surface area contributed by atoms with E-state index in [2.05, 4.69) is 10.5 Å². The minimum atomic E-state index is -0.561. The van der Waals surface area contributed by atoms with Crippen molar-refractivity contribution < 1.29 is 14.7 Å². The summed E-state index contributed by atoms with van der Waals surface area (Å²) in [5, 5.41) is 14.3. The van der Waals surface area contributed by atoms with Crippen molar-refractivity contribution in [1.82, 2.24) is 5.32 Å². The maximum absolute atomic E-state index is 11.6. The molecule has 17 heavy (non-hydrogen) atoms. The molecule has 0 rings (SSSR count). The predicted molar refractivity (Wildman–Crippen MR) is 65.9 cm³/mol. The van der Waals surface area contributed by atoms with Gasteiger partial charge >= 0.3 is 0 Å². The van der Waals surface area contributed by atoms with E-state index in [0.717, 1.165) is 0 Å². The van der Waals surface area contributed by atoms with Crippen LogP contribution in [0.2, 0.25) is 0 Å². The first-order valence-corrected chi connectivity index (χ1v) is 5.57. The van der Waals surface area contributed by atoms with Crippen molar-refractivity contribution in [2.24, 2.45) is 22.2 Å². The Hall–Kier alpha value is -1.30. The molecule has 0 aromatic rings. The number of oxime groups is 1. The van der Waals surface area contributed by atoms with Gasteiger partial charge in [0, 0.05) is 32.1 Å². The second kappa shape index (κ2) is 7.11. The van der Waals surface area contributed by atoms with Gasteiger partial charge in [0.05, 0.1) is 0 Å². The fourth-order valence-electron chi connectivity index (χ4n) is 1.28. The van der Waals surface area contributed by atoms with Crippen molar-refractivity contribution in [2.45, 2.75) is 27.2 Å². The number of amidine groups is 1. The van der Waals surface area contributed by atoms with E-state index in [1.165, 1.54) is 0 Å². The van der Waals surface area contributed by atoms with Crippen molar-refractivity contribution in [3.8, 4) is 0 Å². The number of ether oxygens (including phenoxy) is 1. The summed E-state index contributed by atoms with van der Waals surface area (Å²) in [5.74, 6) is 0.211. The van der Waals surface area contributed by atoms with Crippen LogP contribution in [0.1, 0.15) is 27.2 Å². The molecule has 0 saturated carbocycles. The Morgan fingerprint density at radius 2 is 2.18 bits per heavy atom. The number of carbonyl (C=O) groups is 1. The molecule has 1 amide bonds. The van der Waals surface area contributed by atoms with E-state index in [-0.39, 0.29) is 17.7 Å². The Labute approximate surface area is 102 Å². The highest BCUT2D eigenvalue weighted by atomic mass is 16.5. The number of carbonyl (C=O) groups excluding carboxylic acids is 1. The number of nitrogens with one attached hydrogen (secondary N) is 1. The molecule has 0 radical (unpaired) electrons. The lowest BCUT2D eigenvalue weighted by Gasteiger charge is -2.23. The van der Waals surface area contributed by atoms with Gasteiger partial charge in [-0.3, -0.25) is 4.79 Å². The highest BCUT2D eigenvalue weighted by Crippen LogP contribution is 2.13. The van der Waals surface area contributed by atoms with Gasteiger partial charge in [-0.2, -0.15) is 0 Å². The number of methoxy groups -OCH3 is 1. The fraction of sp³-hybridized carbons (Fsp3) is 0.818. The first-order valence-electron chi connectivity index (χ1n) is 5.57. The molecule has 6 heteroatoms. The Bertz CT molecular complexity index is 277. The molecule has 0 aliphatic heterocycles. The Morgan fingerprint density at radius 1 is 1.59 bits per heavy atom. The normalized spacial score (nSPS) is 14.5. The van der Waals surface area contributed by atoms with E-state index in [4.69, 9.17) is 15.7 Å². The van der Waals surface area contributed by atoms with Crippen LogP contribution < -0.4 is 11.1 Å². The van der Waals surface area contributed by atoms with Crippen LogP contribution in [0.25, 0.3) is 0 Å². The summed E-state index contributed by atoms with van der Waals surface area (Å²) in [4.78, 5) is 11.6. The van der Waals surface area contributed by atoms with Gasteiger partial charge in [-0.15, -0.1) is 0 Å². The van der Waals surface area contributed by atoms with Crippen molar-refractivity contribution in [1.29, 1.82) is 0 Å². The van der Waals surface area contributed by atoms with Crippen molar-refractivity contribution in [3.05, 3.63) is 0 Å². The first kappa shape index (κ1) is 15.7. The highest BCUT2D eigenvalue weighted by Gasteiger charge is 2.24. The molecule has 0 heterocycles. The van der Waals surface area contributed by atoms with E-state index < -0.39 is 5.41 Å². The lowest BCUT2D eigenvalue weighted by Crippen LogP contribution is -2.43. The smallest absolute Gasteiger partial charge is 0.220 e. The molecule has 0 aromatic heterocycles. The van der Waals surface area contributed by atoms with Crippen molar-refractivity contribution in [2.75, 3.05) is 20.3 Å². The molecule has 0 aromatic carbocycles. The summed E-state index contributed by atoms with van der Waals surface area (Å²) in [6, 6.07) is 0. The number of hydrogen-bond donors (Lipinski definition) is 3. The van der Waals surface area contributed by atoms with Crippen LogP contribution in [0.4, 0.5) is 0 Å².